The van der Waals surface area contributed by atoms with Crippen molar-refractivity contribution in [2.45, 2.75) is 32.7 Å². The van der Waals surface area contributed by atoms with Gasteiger partial charge in [0.05, 0.1) is 29.0 Å². The van der Waals surface area contributed by atoms with Crippen LogP contribution in [0.3, 0.4) is 0 Å². The zero-order valence-corrected chi connectivity index (χ0v) is 17.3. The monoisotopic (exact) mass is 428 g/mol. The van der Waals surface area contributed by atoms with Crippen LogP contribution in [0.15, 0.2) is 48.5 Å². The van der Waals surface area contributed by atoms with Crippen LogP contribution in [0.25, 0.3) is 0 Å². The molecule has 0 bridgehead atoms. The Bertz CT molecular complexity index is 1010. The fourth-order valence-electron chi connectivity index (χ4n) is 4.41. The molecule has 2 aliphatic rings. The van der Waals surface area contributed by atoms with E-state index in [9.17, 15) is 18.8 Å². The normalized spacial score (nSPS) is 23.4. The number of hydrogen-bond donors (Lipinski definition) is 0. The maximum atomic E-state index is 14.4. The number of amides is 3. The van der Waals surface area contributed by atoms with Crippen LogP contribution in [0, 0.1) is 23.6 Å². The van der Waals surface area contributed by atoms with E-state index in [1.807, 2.05) is 0 Å². The summed E-state index contributed by atoms with van der Waals surface area (Å²) in [7, 11) is 0. The van der Waals surface area contributed by atoms with Crippen molar-refractivity contribution < 1.29 is 18.8 Å². The van der Waals surface area contributed by atoms with Gasteiger partial charge in [0.25, 0.3) is 17.7 Å². The Morgan fingerprint density at radius 1 is 1.07 bits per heavy atom. The van der Waals surface area contributed by atoms with Crippen molar-refractivity contribution in [3.05, 3.63) is 70.5 Å². The van der Waals surface area contributed by atoms with Gasteiger partial charge in [-0.2, -0.15) is 5.01 Å². The van der Waals surface area contributed by atoms with Gasteiger partial charge in [0.2, 0.25) is 0 Å². The maximum absolute atomic E-state index is 14.4. The van der Waals surface area contributed by atoms with Gasteiger partial charge >= 0.3 is 0 Å². The van der Waals surface area contributed by atoms with Gasteiger partial charge in [-0.1, -0.05) is 48.9 Å². The van der Waals surface area contributed by atoms with Gasteiger partial charge in [0.1, 0.15) is 5.82 Å². The first-order valence-electron chi connectivity index (χ1n) is 10.1. The average molecular weight is 429 g/mol. The molecule has 5 nitrogen and oxygen atoms in total. The maximum Gasteiger partial charge on any atom is 0.274 e. The molecule has 0 spiro atoms. The fourth-order valence-corrected chi connectivity index (χ4v) is 4.62. The predicted octanol–water partition coefficient (Wildman–Crippen LogP) is 4.46. The number of rotatable bonds is 4. The van der Waals surface area contributed by atoms with Crippen LogP contribution >= 0.6 is 11.6 Å². The summed E-state index contributed by atoms with van der Waals surface area (Å²) in [5.41, 5.74) is 0.362. The van der Waals surface area contributed by atoms with E-state index in [1.54, 1.807) is 30.3 Å². The molecule has 156 valence electrons. The molecule has 1 aliphatic carbocycles. The molecule has 0 aromatic heterocycles. The average Bonchev–Trinajstić information content (AvgIpc) is 2.97. The summed E-state index contributed by atoms with van der Waals surface area (Å²) in [4.78, 5) is 39.8. The third kappa shape index (κ3) is 3.60. The minimum Gasteiger partial charge on any atom is -0.272 e. The number of hydrazine groups is 1. The minimum absolute atomic E-state index is 0.152. The van der Waals surface area contributed by atoms with Gasteiger partial charge in [-0.3, -0.25) is 14.4 Å². The summed E-state index contributed by atoms with van der Waals surface area (Å²) in [6.07, 6.45) is 2.08. The molecule has 2 aromatic rings. The van der Waals surface area contributed by atoms with Crippen LogP contribution in [0.5, 0.6) is 0 Å². The molecule has 2 aromatic carbocycles. The molecule has 0 unspecified atom stereocenters. The summed E-state index contributed by atoms with van der Waals surface area (Å²) in [5.74, 6) is -2.46. The van der Waals surface area contributed by atoms with Crippen molar-refractivity contribution in [3.63, 3.8) is 0 Å². The molecule has 2 fully saturated rings. The van der Waals surface area contributed by atoms with Crippen LogP contribution in [-0.4, -0.2) is 27.7 Å². The largest absolute Gasteiger partial charge is 0.274 e. The van der Waals surface area contributed by atoms with E-state index in [4.69, 9.17) is 11.6 Å². The Hall–Kier alpha value is -2.73. The van der Waals surface area contributed by atoms with Gasteiger partial charge in [0.15, 0.2) is 0 Å². The molecule has 0 N–H and O–H groups in total. The highest BCUT2D eigenvalue weighted by atomic mass is 35.5. The summed E-state index contributed by atoms with van der Waals surface area (Å²) in [6.45, 7) is 1.81. The second-order valence-corrected chi connectivity index (χ2v) is 8.46. The van der Waals surface area contributed by atoms with Crippen LogP contribution in [0.2, 0.25) is 5.02 Å². The Labute approximate surface area is 179 Å². The summed E-state index contributed by atoms with van der Waals surface area (Å²) >= 11 is 6.21. The van der Waals surface area contributed by atoms with Gasteiger partial charge in [-0.05, 0) is 43.4 Å². The Morgan fingerprint density at radius 3 is 2.47 bits per heavy atom. The van der Waals surface area contributed by atoms with E-state index in [1.165, 1.54) is 18.2 Å². The zero-order valence-electron chi connectivity index (χ0n) is 16.6. The van der Waals surface area contributed by atoms with E-state index in [-0.39, 0.29) is 22.7 Å². The van der Waals surface area contributed by atoms with E-state index in [0.717, 1.165) is 16.4 Å². The van der Waals surface area contributed by atoms with E-state index < -0.39 is 35.4 Å². The summed E-state index contributed by atoms with van der Waals surface area (Å²) in [6, 6.07) is 12.4. The first-order valence-corrected chi connectivity index (χ1v) is 10.4. The van der Waals surface area contributed by atoms with Gasteiger partial charge in [-0.15, -0.1) is 0 Å². The van der Waals surface area contributed by atoms with Crippen molar-refractivity contribution in [2.75, 3.05) is 0 Å². The second-order valence-electron chi connectivity index (χ2n) is 8.05. The molecule has 7 heteroatoms. The number of carbonyl (C=O) groups is 3. The first kappa shape index (κ1) is 20.5. The van der Waals surface area contributed by atoms with Gasteiger partial charge in [-0.25, -0.2) is 9.40 Å². The lowest BCUT2D eigenvalue weighted by atomic mass is 9.76. The summed E-state index contributed by atoms with van der Waals surface area (Å²) in [5, 5.41) is 2.19. The Kier molecular flexibility index (Phi) is 5.60. The molecular weight excluding hydrogens is 407 g/mol. The lowest BCUT2D eigenvalue weighted by Crippen LogP contribution is -2.50. The number of carbonyl (C=O) groups excluding carboxylic acids is 3. The molecule has 3 atom stereocenters. The molecule has 1 aliphatic heterocycles. The lowest BCUT2D eigenvalue weighted by molar-refractivity contribution is -0.155. The first-order chi connectivity index (χ1) is 14.4. The van der Waals surface area contributed by atoms with Crippen LogP contribution in [0.1, 0.15) is 42.1 Å². The third-order valence-corrected chi connectivity index (χ3v) is 6.35. The van der Waals surface area contributed by atoms with Crippen LogP contribution in [-0.2, 0) is 16.1 Å². The van der Waals surface area contributed by atoms with Crippen LogP contribution in [0.4, 0.5) is 4.39 Å². The highest BCUT2D eigenvalue weighted by molar-refractivity contribution is 6.33. The number of fused-ring (bicyclic) bond motifs is 1. The van der Waals surface area contributed by atoms with E-state index >= 15 is 0 Å². The molecular formula is C23H22ClFN2O3. The lowest BCUT2D eigenvalue weighted by Gasteiger charge is -2.31. The van der Waals surface area contributed by atoms with Crippen molar-refractivity contribution in [3.8, 4) is 0 Å². The number of hydrogen-bond acceptors (Lipinski definition) is 3. The topological polar surface area (TPSA) is 57.7 Å². The molecule has 1 heterocycles. The third-order valence-electron chi connectivity index (χ3n) is 6.02. The molecule has 1 saturated heterocycles. The number of halogens is 2. The molecule has 3 amide bonds. The highest BCUT2D eigenvalue weighted by Gasteiger charge is 2.52. The molecule has 4 rings (SSSR count). The fraction of sp³-hybridized carbons (Fsp3) is 0.348. The van der Waals surface area contributed by atoms with E-state index in [0.29, 0.717) is 18.8 Å². The Balaban J connectivity index is 1.74. The number of benzene rings is 2. The number of imide groups is 1. The smallest absolute Gasteiger partial charge is 0.272 e. The highest BCUT2D eigenvalue weighted by Crippen LogP contribution is 2.41. The van der Waals surface area contributed by atoms with Gasteiger partial charge < -0.3 is 0 Å². The molecule has 0 radical (unpaired) electrons. The quantitative estimate of drug-likeness (QED) is 0.675. The second kappa shape index (κ2) is 8.19. The SMILES string of the molecule is C[C@@H]1CC[C@@H]2C(=O)N(N(Cc3ccccc3F)C(=O)c3ccccc3Cl)C(=O)[C@H]2C1. The zero-order chi connectivity index (χ0) is 21.4. The molecule has 30 heavy (non-hydrogen) atoms. The number of nitrogens with zero attached hydrogens (tertiary/aromatic N) is 2. The van der Waals surface area contributed by atoms with Gasteiger partial charge in [0, 0.05) is 5.56 Å². The molecule has 1 saturated carbocycles. The van der Waals surface area contributed by atoms with Crippen molar-refractivity contribution in [1.82, 2.24) is 10.0 Å². The Morgan fingerprint density at radius 2 is 1.73 bits per heavy atom. The van der Waals surface area contributed by atoms with Crippen molar-refractivity contribution >= 4 is 29.3 Å². The van der Waals surface area contributed by atoms with Crippen molar-refractivity contribution in [2.24, 2.45) is 17.8 Å². The van der Waals surface area contributed by atoms with E-state index in [2.05, 4.69) is 6.92 Å². The standard InChI is InChI=1S/C23H22ClFN2O3/c1-14-10-11-16-18(12-14)23(30)27(22(16)29)26(13-15-6-2-5-9-20(15)25)21(28)17-7-3-4-8-19(17)24/h2-9,14,16,18H,10-13H2,1H3/t14-,16+,18+/m1/s1. The predicted molar refractivity (Wildman–Crippen MR) is 110 cm³/mol. The summed E-state index contributed by atoms with van der Waals surface area (Å²) < 4.78 is 14.4. The minimum atomic E-state index is -0.614. The van der Waals surface area contributed by atoms with Crippen LogP contribution < -0.4 is 0 Å². The van der Waals surface area contributed by atoms with Crippen molar-refractivity contribution in [1.29, 1.82) is 0 Å².